The van der Waals surface area contributed by atoms with Crippen LogP contribution in [0.5, 0.6) is 11.5 Å². The summed E-state index contributed by atoms with van der Waals surface area (Å²) in [5.74, 6) is 0.889. The molecule has 8 nitrogen and oxygen atoms in total. The number of pyridine rings is 1. The maximum Gasteiger partial charge on any atom is 0.407 e. The first-order chi connectivity index (χ1) is 16.2. The maximum absolute atomic E-state index is 13.3. The van der Waals surface area contributed by atoms with Crippen molar-refractivity contribution in [3.8, 4) is 11.5 Å². The van der Waals surface area contributed by atoms with Gasteiger partial charge in [0.05, 0.1) is 20.8 Å². The van der Waals surface area contributed by atoms with Crippen LogP contribution in [0.4, 0.5) is 4.79 Å². The summed E-state index contributed by atoms with van der Waals surface area (Å²) < 4.78 is 16.1. The molecule has 9 heteroatoms. The summed E-state index contributed by atoms with van der Waals surface area (Å²) in [4.78, 5) is 31.9. The van der Waals surface area contributed by atoms with Gasteiger partial charge in [-0.1, -0.05) is 25.7 Å². The van der Waals surface area contributed by atoms with Crippen molar-refractivity contribution in [2.45, 2.75) is 44.1 Å². The molecule has 184 valence electrons. The molecule has 1 saturated heterocycles. The van der Waals surface area contributed by atoms with E-state index in [2.05, 4.69) is 29.9 Å². The molecule has 2 aromatic rings. The van der Waals surface area contributed by atoms with Gasteiger partial charge in [0.2, 0.25) is 0 Å². The number of aromatic nitrogens is 1. The summed E-state index contributed by atoms with van der Waals surface area (Å²) >= 11 is 0. The number of nitrogens with zero attached hydrogens (tertiary/aromatic N) is 2. The van der Waals surface area contributed by atoms with Crippen LogP contribution in [0, 0.1) is 0 Å². The molecule has 3 rings (SSSR count). The van der Waals surface area contributed by atoms with Gasteiger partial charge in [0.25, 0.3) is 5.91 Å². The van der Waals surface area contributed by atoms with E-state index >= 15 is 0 Å². The van der Waals surface area contributed by atoms with E-state index in [4.69, 9.17) is 14.2 Å². The molecule has 0 unspecified atom stereocenters. The maximum atomic E-state index is 13.3. The van der Waals surface area contributed by atoms with Crippen molar-refractivity contribution in [2.75, 3.05) is 33.9 Å². The largest absolute Gasteiger partial charge is 0.493 e. The molecule has 0 radical (unpaired) electrons. The lowest BCUT2D eigenvalue weighted by molar-refractivity contribution is 0.0676. The number of ether oxygens (including phenoxy) is 3. The van der Waals surface area contributed by atoms with E-state index in [1.54, 1.807) is 44.8 Å². The Hall–Kier alpha value is -3.07. The number of carbonyl (C=O) groups is 2. The topological polar surface area (TPSA) is 90.0 Å². The predicted molar refractivity (Wildman–Crippen MR) is 133 cm³/mol. The number of hydrogen-bond acceptors (Lipinski definition) is 6. The molecular formula is C25H35N3O5Si. The van der Waals surface area contributed by atoms with Crippen molar-refractivity contribution in [1.82, 2.24) is 15.2 Å². The molecule has 34 heavy (non-hydrogen) atoms. The van der Waals surface area contributed by atoms with E-state index in [0.717, 1.165) is 11.6 Å². The molecule has 0 aliphatic carbocycles. The van der Waals surface area contributed by atoms with Gasteiger partial charge in [-0.15, -0.1) is 0 Å². The number of piperidine rings is 1. The number of amides is 2. The van der Waals surface area contributed by atoms with Crippen molar-refractivity contribution in [1.29, 1.82) is 0 Å². The molecule has 1 aliphatic rings. The summed E-state index contributed by atoms with van der Waals surface area (Å²) in [5, 5.41) is 3.04. The van der Waals surface area contributed by atoms with Gasteiger partial charge in [0.1, 0.15) is 0 Å². The summed E-state index contributed by atoms with van der Waals surface area (Å²) in [7, 11) is 1.82. The van der Waals surface area contributed by atoms with E-state index < -0.39 is 14.2 Å². The highest BCUT2D eigenvalue weighted by atomic mass is 28.3. The SMILES string of the molecule is COc1ccc(C(=O)N2CC[C@H](NC(=O)OCC[Si](C)(C)C)[C@@H](c3cccnc3)C2)cc1OC. The number of methoxy groups -OCH3 is 2. The van der Waals surface area contributed by atoms with Crippen molar-refractivity contribution in [2.24, 2.45) is 0 Å². The van der Waals surface area contributed by atoms with Crippen molar-refractivity contribution in [3.05, 3.63) is 53.9 Å². The summed E-state index contributed by atoms with van der Waals surface area (Å²) in [6.07, 6.45) is 3.71. The predicted octanol–water partition coefficient (Wildman–Crippen LogP) is 4.16. The average Bonchev–Trinajstić information content (AvgIpc) is 2.83. The van der Waals surface area contributed by atoms with Crippen LogP contribution in [0.15, 0.2) is 42.7 Å². The molecule has 2 atom stereocenters. The van der Waals surface area contributed by atoms with Crippen LogP contribution in [-0.4, -0.2) is 69.9 Å². The number of likely N-dealkylation sites (tertiary alicyclic amines) is 1. The average molecular weight is 486 g/mol. The Bertz CT molecular complexity index is 980. The van der Waals surface area contributed by atoms with Gasteiger partial charge in [-0.2, -0.15) is 0 Å². The fourth-order valence-corrected chi connectivity index (χ4v) is 4.75. The van der Waals surface area contributed by atoms with Gasteiger partial charge in [-0.05, 0) is 42.3 Å². The van der Waals surface area contributed by atoms with Crippen LogP contribution in [-0.2, 0) is 4.74 Å². The molecule has 0 spiro atoms. The molecule has 1 fully saturated rings. The number of nitrogens with one attached hydrogen (secondary N) is 1. The highest BCUT2D eigenvalue weighted by molar-refractivity contribution is 6.76. The first-order valence-electron chi connectivity index (χ1n) is 11.6. The molecule has 0 saturated carbocycles. The molecule has 1 aromatic carbocycles. The quantitative estimate of drug-likeness (QED) is 0.565. The molecule has 1 aliphatic heterocycles. The first kappa shape index (κ1) is 25.5. The Morgan fingerprint density at radius 2 is 1.91 bits per heavy atom. The number of carbonyl (C=O) groups excluding carboxylic acids is 2. The number of rotatable bonds is 8. The molecule has 1 N–H and O–H groups in total. The van der Waals surface area contributed by atoms with E-state index in [1.807, 2.05) is 17.0 Å². The van der Waals surface area contributed by atoms with Crippen LogP contribution in [0.3, 0.4) is 0 Å². The van der Waals surface area contributed by atoms with Gasteiger partial charge < -0.3 is 24.4 Å². The standard InChI is InChI=1S/C25H35N3O5Si/c1-31-22-9-8-18(15-23(22)32-2)24(29)28-12-10-21(20(17-28)19-7-6-11-26-16-19)27-25(30)33-13-14-34(3,4)5/h6-9,11,15-16,20-21H,10,12-14,17H2,1-5H3,(H,27,30)/t20-,21+/m1/s1. The second-order valence-corrected chi connectivity index (χ2v) is 15.3. The Morgan fingerprint density at radius 1 is 1.15 bits per heavy atom. The minimum Gasteiger partial charge on any atom is -0.493 e. The summed E-state index contributed by atoms with van der Waals surface area (Å²) in [5.41, 5.74) is 1.50. The van der Waals surface area contributed by atoms with E-state index in [1.165, 1.54) is 0 Å². The van der Waals surface area contributed by atoms with Crippen LogP contribution < -0.4 is 14.8 Å². The first-order valence-corrected chi connectivity index (χ1v) is 15.3. The molecule has 2 amide bonds. The van der Waals surface area contributed by atoms with Crippen LogP contribution in [0.25, 0.3) is 0 Å². The van der Waals surface area contributed by atoms with Gasteiger partial charge in [0, 0.05) is 51.1 Å². The third-order valence-electron chi connectivity index (χ3n) is 6.03. The second kappa shape index (κ2) is 11.4. The third kappa shape index (κ3) is 6.72. The zero-order chi connectivity index (χ0) is 24.7. The smallest absolute Gasteiger partial charge is 0.407 e. The number of alkyl carbamates (subject to hydrolysis) is 1. The minimum atomic E-state index is -1.28. The van der Waals surface area contributed by atoms with Crippen molar-refractivity contribution >= 4 is 20.1 Å². The Balaban J connectivity index is 1.73. The van der Waals surface area contributed by atoms with Crippen molar-refractivity contribution < 1.29 is 23.8 Å². The fraction of sp³-hybridized carbons (Fsp3) is 0.480. The van der Waals surface area contributed by atoms with Gasteiger partial charge in [-0.3, -0.25) is 9.78 Å². The highest BCUT2D eigenvalue weighted by Crippen LogP contribution is 2.31. The summed E-state index contributed by atoms with van der Waals surface area (Å²) in [6.45, 7) is 8.14. The lowest BCUT2D eigenvalue weighted by Crippen LogP contribution is -2.51. The molecule has 0 bridgehead atoms. The normalized spacial score (nSPS) is 18.2. The number of hydrogen-bond donors (Lipinski definition) is 1. The van der Waals surface area contributed by atoms with E-state index in [9.17, 15) is 9.59 Å². The third-order valence-corrected chi connectivity index (χ3v) is 7.74. The van der Waals surface area contributed by atoms with Gasteiger partial charge in [0.15, 0.2) is 11.5 Å². The fourth-order valence-electron chi connectivity index (χ4n) is 4.04. The van der Waals surface area contributed by atoms with Gasteiger partial charge in [-0.25, -0.2) is 4.79 Å². The van der Waals surface area contributed by atoms with Crippen LogP contribution >= 0.6 is 0 Å². The van der Waals surface area contributed by atoms with Crippen LogP contribution in [0.2, 0.25) is 25.7 Å². The monoisotopic (exact) mass is 485 g/mol. The van der Waals surface area contributed by atoms with Crippen molar-refractivity contribution in [3.63, 3.8) is 0 Å². The Labute approximate surface area is 202 Å². The van der Waals surface area contributed by atoms with E-state index in [-0.39, 0.29) is 17.9 Å². The molecule has 2 heterocycles. The zero-order valence-corrected chi connectivity index (χ0v) is 21.7. The number of benzene rings is 1. The highest BCUT2D eigenvalue weighted by Gasteiger charge is 2.34. The minimum absolute atomic E-state index is 0.0917. The Morgan fingerprint density at radius 3 is 2.56 bits per heavy atom. The van der Waals surface area contributed by atoms with Crippen LogP contribution in [0.1, 0.15) is 28.3 Å². The Kier molecular flexibility index (Phi) is 8.54. The zero-order valence-electron chi connectivity index (χ0n) is 20.7. The summed E-state index contributed by atoms with van der Waals surface area (Å²) in [6, 6.07) is 9.78. The molecule has 1 aromatic heterocycles. The lowest BCUT2D eigenvalue weighted by Gasteiger charge is -2.39. The molecular weight excluding hydrogens is 450 g/mol. The van der Waals surface area contributed by atoms with Gasteiger partial charge >= 0.3 is 6.09 Å². The lowest BCUT2D eigenvalue weighted by atomic mass is 9.86. The van der Waals surface area contributed by atoms with E-state index in [0.29, 0.717) is 43.2 Å². The second-order valence-electron chi connectivity index (χ2n) is 9.70.